The first-order chi connectivity index (χ1) is 26.8. The highest BCUT2D eigenvalue weighted by molar-refractivity contribution is 6.17. The summed E-state index contributed by atoms with van der Waals surface area (Å²) in [7, 11) is 0. The van der Waals surface area contributed by atoms with Crippen molar-refractivity contribution < 1.29 is 8.99 Å². The third-order valence-electron chi connectivity index (χ3n) is 11.0. The first-order valence-electron chi connectivity index (χ1n) is 18.6. The summed E-state index contributed by atoms with van der Waals surface area (Å²) in [4.78, 5) is 5.17. The summed E-state index contributed by atoms with van der Waals surface area (Å²) in [5, 5.41) is 4.71. The van der Waals surface area contributed by atoms with Gasteiger partial charge in [0.2, 0.25) is 0 Å². The molecule has 1 aliphatic heterocycles. The van der Waals surface area contributed by atoms with Crippen molar-refractivity contribution in [2.75, 3.05) is 0 Å². The molecule has 2 aliphatic rings. The fourth-order valence-corrected chi connectivity index (χ4v) is 8.35. The lowest BCUT2D eigenvalue weighted by Gasteiger charge is -2.20. The Morgan fingerprint density at radius 2 is 1.31 bits per heavy atom. The zero-order chi connectivity index (χ0) is 35.6. The average molecular weight is 693 g/mol. The molecule has 4 nitrogen and oxygen atoms in total. The second-order valence-electron chi connectivity index (χ2n) is 14.1. The molecule has 0 saturated carbocycles. The van der Waals surface area contributed by atoms with Crippen LogP contribution in [-0.4, -0.2) is 20.8 Å². The molecule has 7 aromatic carbocycles. The molecule has 9 aromatic rings. The van der Waals surface area contributed by atoms with Crippen molar-refractivity contribution in [3.05, 3.63) is 205 Å². The van der Waals surface area contributed by atoms with Crippen molar-refractivity contribution >= 4 is 61.1 Å². The van der Waals surface area contributed by atoms with Crippen molar-refractivity contribution in [1.29, 1.82) is 0 Å². The molecule has 4 heteroatoms. The van der Waals surface area contributed by atoms with Crippen molar-refractivity contribution in [2.45, 2.75) is 12.3 Å². The number of allylic oxidation sites excluding steroid dienone is 4. The monoisotopic (exact) mass is 692 g/mol. The molecule has 1 aliphatic carbocycles. The molecule has 1 unspecified atom stereocenters. The maximum Gasteiger partial charge on any atom is 0.279 e. The quantitative estimate of drug-likeness (QED) is 0.160. The van der Waals surface area contributed by atoms with Gasteiger partial charge in [-0.25, -0.2) is 0 Å². The smallest absolute Gasteiger partial charge is 0.279 e. The molecule has 1 atom stereocenters. The van der Waals surface area contributed by atoms with Crippen molar-refractivity contribution in [3.63, 3.8) is 0 Å². The van der Waals surface area contributed by atoms with Gasteiger partial charge in [-0.2, -0.15) is 4.58 Å². The van der Waals surface area contributed by atoms with Crippen LogP contribution in [0.2, 0.25) is 0 Å². The van der Waals surface area contributed by atoms with Gasteiger partial charge in [0.15, 0.2) is 0 Å². The molecule has 54 heavy (non-hydrogen) atoms. The molecule has 0 amide bonds. The van der Waals surface area contributed by atoms with E-state index in [1.54, 1.807) is 0 Å². The number of nitrogens with zero attached hydrogens (tertiary/aromatic N) is 3. The van der Waals surface area contributed by atoms with Gasteiger partial charge in [-0.15, -0.1) is 0 Å². The van der Waals surface area contributed by atoms with Crippen LogP contribution in [-0.2, 0) is 0 Å². The Bertz CT molecular complexity index is 3070. The number of aliphatic imine (C=N–C) groups is 1. The first-order valence-corrected chi connectivity index (χ1v) is 18.6. The fraction of sp³-hybridized carbons (Fsp3) is 0.0400. The van der Waals surface area contributed by atoms with Crippen LogP contribution in [0.1, 0.15) is 29.0 Å². The van der Waals surface area contributed by atoms with Crippen LogP contribution < -0.4 is 0 Å². The first kappa shape index (κ1) is 30.6. The van der Waals surface area contributed by atoms with Gasteiger partial charge in [-0.1, -0.05) is 132 Å². The van der Waals surface area contributed by atoms with E-state index >= 15 is 0 Å². The maximum absolute atomic E-state index is 6.52. The van der Waals surface area contributed by atoms with Gasteiger partial charge in [0, 0.05) is 38.7 Å². The van der Waals surface area contributed by atoms with Crippen molar-refractivity contribution in [2.24, 2.45) is 4.99 Å². The summed E-state index contributed by atoms with van der Waals surface area (Å²) in [5.74, 6) is 2.22. The zero-order valence-electron chi connectivity index (χ0n) is 29.4. The predicted octanol–water partition coefficient (Wildman–Crippen LogP) is 12.5. The van der Waals surface area contributed by atoms with Gasteiger partial charge in [0.25, 0.3) is 11.7 Å². The van der Waals surface area contributed by atoms with Gasteiger partial charge < -0.3 is 8.98 Å². The van der Waals surface area contributed by atoms with E-state index in [-0.39, 0.29) is 0 Å². The summed E-state index contributed by atoms with van der Waals surface area (Å²) in [6, 6.07) is 58.4. The highest BCUT2D eigenvalue weighted by Crippen LogP contribution is 2.40. The van der Waals surface area contributed by atoms with E-state index in [0.717, 1.165) is 79.2 Å². The molecule has 0 fully saturated rings. The molecule has 0 saturated heterocycles. The van der Waals surface area contributed by atoms with E-state index < -0.39 is 0 Å². The van der Waals surface area contributed by atoms with E-state index in [1.807, 2.05) is 18.2 Å². The van der Waals surface area contributed by atoms with Crippen LogP contribution in [0.5, 0.6) is 0 Å². The van der Waals surface area contributed by atoms with E-state index in [4.69, 9.17) is 9.41 Å². The summed E-state index contributed by atoms with van der Waals surface area (Å²) in [6.45, 7) is 0. The van der Waals surface area contributed by atoms with Crippen LogP contribution in [0.3, 0.4) is 0 Å². The standard InChI is InChI=1S/C50H34N3O/c1-4-14-33(15-5-1)35-26-28-41-42-29-27-36(40-23-13-24-44-43-22-10-11-25-47(43)54-48(40)44)32-46(42)52(45(41)31-35)39-21-12-18-37(30-39)50-51-49(34-16-6-2-7-17-34)53(50)38-19-8-3-9-20-38/h1-14,16-33H,15H2/q+1. The van der Waals surface area contributed by atoms with E-state index in [9.17, 15) is 0 Å². The number of amidine groups is 2. The number of hydrogen-bond acceptors (Lipinski definition) is 2. The lowest BCUT2D eigenvalue weighted by atomic mass is 9.92. The fourth-order valence-electron chi connectivity index (χ4n) is 8.35. The number of fused-ring (bicyclic) bond motifs is 6. The Labute approximate surface area is 312 Å². The van der Waals surface area contributed by atoms with Gasteiger partial charge in [0.05, 0.1) is 22.2 Å². The van der Waals surface area contributed by atoms with Crippen LogP contribution >= 0.6 is 0 Å². The summed E-state index contributed by atoms with van der Waals surface area (Å²) < 4.78 is 11.2. The molecular weight excluding hydrogens is 659 g/mol. The molecule has 3 heterocycles. The molecule has 0 radical (unpaired) electrons. The topological polar surface area (TPSA) is 33.4 Å². The second-order valence-corrected chi connectivity index (χ2v) is 14.1. The zero-order valence-corrected chi connectivity index (χ0v) is 29.4. The van der Waals surface area contributed by atoms with Crippen molar-refractivity contribution in [1.82, 2.24) is 4.57 Å². The minimum absolute atomic E-state index is 0.342. The number of para-hydroxylation sites is 3. The lowest BCUT2D eigenvalue weighted by molar-refractivity contribution is -0.319. The van der Waals surface area contributed by atoms with Crippen LogP contribution in [0.25, 0.3) is 60.6 Å². The minimum atomic E-state index is 0.342. The molecule has 11 rings (SSSR count). The molecule has 0 bridgehead atoms. The van der Waals surface area contributed by atoms with Gasteiger partial charge in [-0.3, -0.25) is 0 Å². The number of rotatable bonds is 6. The number of benzene rings is 7. The molecule has 2 aromatic heterocycles. The SMILES string of the molecule is C1=CCC(c2ccc3c4ccc(-c5cccc6c5oc5ccccc56)cc4n(-c4cccc(C5=[N+](c6ccccc6)C(c6ccccc6)=N5)c4)c3c2)C=C1. The summed E-state index contributed by atoms with van der Waals surface area (Å²) >= 11 is 0. The summed E-state index contributed by atoms with van der Waals surface area (Å²) in [5.41, 5.74) is 12.0. The molecule has 0 N–H and O–H groups in total. The van der Waals surface area contributed by atoms with Crippen LogP contribution in [0.15, 0.2) is 198 Å². The van der Waals surface area contributed by atoms with E-state index in [0.29, 0.717) is 5.92 Å². The van der Waals surface area contributed by atoms with Gasteiger partial charge in [-0.05, 0) is 78.2 Å². The number of furan rings is 1. The predicted molar refractivity (Wildman–Crippen MR) is 223 cm³/mol. The molecule has 0 spiro atoms. The third kappa shape index (κ3) is 4.84. The highest BCUT2D eigenvalue weighted by atomic mass is 16.3. The van der Waals surface area contributed by atoms with E-state index in [1.165, 1.54) is 21.9 Å². The molecule has 254 valence electrons. The largest absolute Gasteiger partial charge is 0.455 e. The van der Waals surface area contributed by atoms with Crippen LogP contribution in [0.4, 0.5) is 5.69 Å². The summed E-state index contributed by atoms with van der Waals surface area (Å²) in [6.07, 6.45) is 9.88. The average Bonchev–Trinajstić information content (AvgIpc) is 3.77. The van der Waals surface area contributed by atoms with E-state index in [2.05, 4.69) is 179 Å². The number of hydrogen-bond donors (Lipinski definition) is 0. The third-order valence-corrected chi connectivity index (χ3v) is 11.0. The minimum Gasteiger partial charge on any atom is -0.455 e. The normalized spacial score (nSPS) is 15.4. The number of aromatic nitrogens is 1. The second kappa shape index (κ2) is 12.3. The van der Waals surface area contributed by atoms with Gasteiger partial charge in [0.1, 0.15) is 16.9 Å². The Kier molecular flexibility index (Phi) is 6.96. The van der Waals surface area contributed by atoms with Crippen molar-refractivity contribution in [3.8, 4) is 16.8 Å². The van der Waals surface area contributed by atoms with Gasteiger partial charge >= 0.3 is 0 Å². The Morgan fingerprint density at radius 1 is 0.574 bits per heavy atom. The highest BCUT2D eigenvalue weighted by Gasteiger charge is 2.33. The Morgan fingerprint density at radius 3 is 2.17 bits per heavy atom. The van der Waals surface area contributed by atoms with Crippen LogP contribution in [0, 0.1) is 0 Å². The maximum atomic E-state index is 6.52. The Balaban J connectivity index is 1.12. The molecular formula is C50H34N3O+. The Hall–Kier alpha value is -7.04. The lowest BCUT2D eigenvalue weighted by Crippen LogP contribution is -2.34.